The molecule has 0 N–H and O–H groups in total. The Kier molecular flexibility index (Phi) is 4.37. The summed E-state index contributed by atoms with van der Waals surface area (Å²) >= 11 is 0. The largest absolute Gasteiger partial charge is 0.474 e. The number of ether oxygens (including phenoxy) is 2. The third-order valence-corrected chi connectivity index (χ3v) is 3.40. The molecule has 0 aliphatic carbocycles. The maximum atomic E-state index is 5.90. The lowest BCUT2D eigenvalue weighted by Gasteiger charge is -2.23. The van der Waals surface area contributed by atoms with E-state index in [4.69, 9.17) is 9.47 Å². The van der Waals surface area contributed by atoms with E-state index in [1.54, 1.807) is 0 Å². The van der Waals surface area contributed by atoms with Crippen molar-refractivity contribution in [2.45, 2.75) is 45.1 Å². The molecule has 3 nitrogen and oxygen atoms in total. The predicted molar refractivity (Wildman–Crippen MR) is 67.4 cm³/mol. The van der Waals surface area contributed by atoms with Crippen molar-refractivity contribution >= 4 is 0 Å². The molecule has 3 heteroatoms. The second-order valence-corrected chi connectivity index (χ2v) is 4.67. The zero-order valence-corrected chi connectivity index (χ0v) is 10.7. The fourth-order valence-corrected chi connectivity index (χ4v) is 2.00. The topological polar surface area (TPSA) is 31.4 Å². The first-order chi connectivity index (χ1) is 8.29. The van der Waals surface area contributed by atoms with Crippen molar-refractivity contribution in [2.75, 3.05) is 13.2 Å². The molecule has 1 unspecified atom stereocenters. The van der Waals surface area contributed by atoms with Crippen LogP contribution in [0.1, 0.15) is 44.6 Å². The Morgan fingerprint density at radius 3 is 2.94 bits per heavy atom. The van der Waals surface area contributed by atoms with Gasteiger partial charge in [0.15, 0.2) is 0 Å². The molecule has 1 aromatic rings. The Morgan fingerprint density at radius 1 is 1.47 bits per heavy atom. The fourth-order valence-electron chi connectivity index (χ4n) is 2.00. The Morgan fingerprint density at radius 2 is 2.24 bits per heavy atom. The molecule has 1 fully saturated rings. The van der Waals surface area contributed by atoms with Crippen LogP contribution in [0.15, 0.2) is 18.3 Å². The van der Waals surface area contributed by atoms with Crippen molar-refractivity contribution in [2.24, 2.45) is 0 Å². The number of hydrogen-bond acceptors (Lipinski definition) is 3. The smallest absolute Gasteiger partial charge is 0.213 e. The van der Waals surface area contributed by atoms with E-state index < -0.39 is 0 Å². The Labute approximate surface area is 103 Å². The van der Waals surface area contributed by atoms with Gasteiger partial charge in [-0.25, -0.2) is 4.98 Å². The van der Waals surface area contributed by atoms with Gasteiger partial charge in [0.25, 0.3) is 0 Å². The maximum Gasteiger partial charge on any atom is 0.213 e. The van der Waals surface area contributed by atoms with Crippen LogP contribution in [-0.4, -0.2) is 24.3 Å². The first-order valence-corrected chi connectivity index (χ1v) is 6.50. The van der Waals surface area contributed by atoms with Crippen molar-refractivity contribution in [3.8, 4) is 5.88 Å². The minimum Gasteiger partial charge on any atom is -0.474 e. The molecule has 1 saturated heterocycles. The average molecular weight is 235 g/mol. The van der Waals surface area contributed by atoms with Gasteiger partial charge in [-0.3, -0.25) is 0 Å². The quantitative estimate of drug-likeness (QED) is 0.803. The van der Waals surface area contributed by atoms with Gasteiger partial charge in [0, 0.05) is 25.1 Å². The molecule has 94 valence electrons. The highest BCUT2D eigenvalue weighted by molar-refractivity contribution is 5.23. The summed E-state index contributed by atoms with van der Waals surface area (Å²) in [5.74, 6) is 1.32. The fraction of sp³-hybridized carbons (Fsp3) is 0.643. The van der Waals surface area contributed by atoms with Gasteiger partial charge in [-0.05, 0) is 24.0 Å². The van der Waals surface area contributed by atoms with E-state index in [1.807, 2.05) is 6.20 Å². The standard InChI is InChI=1S/C14H21NO2/c1-3-11(2)12-4-7-15-14(10-12)17-13-5-8-16-9-6-13/h4,7,10-11,13H,3,5-6,8-9H2,1-2H3. The summed E-state index contributed by atoms with van der Waals surface area (Å²) in [5, 5.41) is 0. The van der Waals surface area contributed by atoms with E-state index in [0.29, 0.717) is 5.92 Å². The first-order valence-electron chi connectivity index (χ1n) is 6.50. The molecule has 0 amide bonds. The molecule has 17 heavy (non-hydrogen) atoms. The molecule has 1 aliphatic rings. The molecule has 0 aromatic carbocycles. The SMILES string of the molecule is CCC(C)c1ccnc(OC2CCOCC2)c1. The lowest BCUT2D eigenvalue weighted by molar-refractivity contribution is 0.0237. The van der Waals surface area contributed by atoms with Gasteiger partial charge in [0.1, 0.15) is 6.10 Å². The van der Waals surface area contributed by atoms with Crippen molar-refractivity contribution < 1.29 is 9.47 Å². The van der Waals surface area contributed by atoms with Gasteiger partial charge < -0.3 is 9.47 Å². The normalized spacial score (nSPS) is 18.9. The summed E-state index contributed by atoms with van der Waals surface area (Å²) < 4.78 is 11.2. The van der Waals surface area contributed by atoms with E-state index >= 15 is 0 Å². The minimum absolute atomic E-state index is 0.267. The predicted octanol–water partition coefficient (Wildman–Crippen LogP) is 3.15. The highest BCUT2D eigenvalue weighted by Gasteiger charge is 2.16. The third-order valence-electron chi connectivity index (χ3n) is 3.40. The lowest BCUT2D eigenvalue weighted by Crippen LogP contribution is -2.26. The van der Waals surface area contributed by atoms with E-state index in [9.17, 15) is 0 Å². The molecular weight excluding hydrogens is 214 g/mol. The molecule has 1 aromatic heterocycles. The van der Waals surface area contributed by atoms with Crippen molar-refractivity contribution in [1.82, 2.24) is 4.98 Å². The van der Waals surface area contributed by atoms with Gasteiger partial charge >= 0.3 is 0 Å². The molecule has 0 spiro atoms. The number of nitrogens with zero attached hydrogens (tertiary/aromatic N) is 1. The zero-order chi connectivity index (χ0) is 12.1. The van der Waals surface area contributed by atoms with Crippen LogP contribution in [0, 0.1) is 0 Å². The van der Waals surface area contributed by atoms with E-state index in [0.717, 1.165) is 38.4 Å². The van der Waals surface area contributed by atoms with Crippen molar-refractivity contribution in [1.29, 1.82) is 0 Å². The van der Waals surface area contributed by atoms with Crippen LogP contribution in [0.4, 0.5) is 0 Å². The van der Waals surface area contributed by atoms with Gasteiger partial charge in [0.05, 0.1) is 13.2 Å². The van der Waals surface area contributed by atoms with Gasteiger partial charge in [-0.15, -0.1) is 0 Å². The minimum atomic E-state index is 0.267. The van der Waals surface area contributed by atoms with Crippen LogP contribution in [0.3, 0.4) is 0 Å². The number of hydrogen-bond donors (Lipinski definition) is 0. The molecule has 1 aliphatic heterocycles. The summed E-state index contributed by atoms with van der Waals surface area (Å²) in [7, 11) is 0. The van der Waals surface area contributed by atoms with Crippen LogP contribution in [-0.2, 0) is 4.74 Å². The molecule has 1 atom stereocenters. The van der Waals surface area contributed by atoms with E-state index in [1.165, 1.54) is 5.56 Å². The van der Waals surface area contributed by atoms with Gasteiger partial charge in [0.2, 0.25) is 5.88 Å². The molecule has 2 rings (SSSR count). The van der Waals surface area contributed by atoms with Gasteiger partial charge in [-0.1, -0.05) is 13.8 Å². The number of rotatable bonds is 4. The summed E-state index contributed by atoms with van der Waals surface area (Å²) in [5.41, 5.74) is 1.31. The van der Waals surface area contributed by atoms with Crippen LogP contribution in [0.5, 0.6) is 5.88 Å². The van der Waals surface area contributed by atoms with Crippen LogP contribution >= 0.6 is 0 Å². The second kappa shape index (κ2) is 6.01. The highest BCUT2D eigenvalue weighted by atomic mass is 16.5. The van der Waals surface area contributed by atoms with Crippen LogP contribution in [0.2, 0.25) is 0 Å². The third kappa shape index (κ3) is 3.43. The molecule has 2 heterocycles. The Bertz CT molecular complexity index is 348. The highest BCUT2D eigenvalue weighted by Crippen LogP contribution is 2.23. The summed E-state index contributed by atoms with van der Waals surface area (Å²) in [6.07, 6.45) is 5.19. The second-order valence-electron chi connectivity index (χ2n) is 4.67. The number of aromatic nitrogens is 1. The Hall–Kier alpha value is -1.09. The van der Waals surface area contributed by atoms with Crippen molar-refractivity contribution in [3.63, 3.8) is 0 Å². The molecular formula is C14H21NO2. The van der Waals surface area contributed by atoms with Gasteiger partial charge in [-0.2, -0.15) is 0 Å². The molecule has 0 saturated carbocycles. The van der Waals surface area contributed by atoms with Crippen molar-refractivity contribution in [3.05, 3.63) is 23.9 Å². The summed E-state index contributed by atoms with van der Waals surface area (Å²) in [6.45, 7) is 6.03. The summed E-state index contributed by atoms with van der Waals surface area (Å²) in [4.78, 5) is 4.29. The lowest BCUT2D eigenvalue weighted by atomic mass is 10.0. The zero-order valence-electron chi connectivity index (χ0n) is 10.7. The first kappa shape index (κ1) is 12.4. The van der Waals surface area contributed by atoms with Crippen LogP contribution < -0.4 is 4.74 Å². The summed E-state index contributed by atoms with van der Waals surface area (Å²) in [6, 6.07) is 4.15. The van der Waals surface area contributed by atoms with E-state index in [-0.39, 0.29) is 6.10 Å². The molecule has 0 radical (unpaired) electrons. The molecule has 0 bridgehead atoms. The monoisotopic (exact) mass is 235 g/mol. The maximum absolute atomic E-state index is 5.90. The number of pyridine rings is 1. The van der Waals surface area contributed by atoms with Crippen LogP contribution in [0.25, 0.3) is 0 Å². The van der Waals surface area contributed by atoms with E-state index in [2.05, 4.69) is 31.0 Å². The Balaban J connectivity index is 2.00. The average Bonchev–Trinajstić information content (AvgIpc) is 2.39.